The molecule has 1 fully saturated rings. The van der Waals surface area contributed by atoms with Gasteiger partial charge in [0.15, 0.2) is 0 Å². The third kappa shape index (κ3) is 4.42. The largest absolute Gasteiger partial charge is 0.351 e. The van der Waals surface area contributed by atoms with Crippen molar-refractivity contribution in [1.29, 1.82) is 0 Å². The maximum absolute atomic E-state index is 13.2. The molecule has 1 amide bonds. The molecule has 1 N–H and O–H groups in total. The molecule has 0 aromatic heterocycles. The van der Waals surface area contributed by atoms with E-state index < -0.39 is 21.9 Å². The highest BCUT2D eigenvalue weighted by atomic mass is 32.2. The molecule has 1 aliphatic rings. The lowest BCUT2D eigenvalue weighted by Gasteiger charge is -2.33. The molecule has 1 heterocycles. The molecule has 1 aliphatic heterocycles. The van der Waals surface area contributed by atoms with Crippen molar-refractivity contribution in [3.63, 3.8) is 0 Å². The van der Waals surface area contributed by atoms with Crippen LogP contribution >= 0.6 is 0 Å². The number of sulfonamides is 1. The average Bonchev–Trinajstić information content (AvgIpc) is 2.68. The summed E-state index contributed by atoms with van der Waals surface area (Å²) in [6, 6.07) is 9.99. The molecule has 150 valence electrons. The van der Waals surface area contributed by atoms with Gasteiger partial charge in [0.05, 0.1) is 4.90 Å². The van der Waals surface area contributed by atoms with E-state index in [0.29, 0.717) is 19.4 Å². The first-order valence-corrected chi connectivity index (χ1v) is 10.8. The highest BCUT2D eigenvalue weighted by Gasteiger charge is 2.37. The quantitative estimate of drug-likeness (QED) is 0.832. The van der Waals surface area contributed by atoms with Crippen LogP contribution in [-0.2, 0) is 21.4 Å². The van der Waals surface area contributed by atoms with Gasteiger partial charge in [-0.15, -0.1) is 0 Å². The third-order valence-corrected chi connectivity index (χ3v) is 7.06. The summed E-state index contributed by atoms with van der Waals surface area (Å²) < 4.78 is 40.4. The van der Waals surface area contributed by atoms with Crippen LogP contribution in [-0.4, -0.2) is 31.2 Å². The summed E-state index contributed by atoms with van der Waals surface area (Å²) in [7, 11) is -3.86. The molecular weight excluding hydrogens is 379 g/mol. The van der Waals surface area contributed by atoms with Crippen LogP contribution in [0.1, 0.15) is 36.0 Å². The van der Waals surface area contributed by atoms with Crippen LogP contribution in [0.25, 0.3) is 0 Å². The number of benzene rings is 2. The predicted molar refractivity (Wildman–Crippen MR) is 106 cm³/mol. The maximum Gasteiger partial charge on any atom is 0.243 e. The molecular formula is C21H25FN2O3S. The first-order valence-electron chi connectivity index (χ1n) is 9.40. The van der Waals surface area contributed by atoms with E-state index in [1.54, 1.807) is 0 Å². The second-order valence-corrected chi connectivity index (χ2v) is 9.12. The molecule has 0 aliphatic carbocycles. The Morgan fingerprint density at radius 3 is 2.57 bits per heavy atom. The molecule has 3 rings (SSSR count). The Hall–Kier alpha value is -2.25. The van der Waals surface area contributed by atoms with E-state index in [1.807, 2.05) is 32.0 Å². The molecule has 0 spiro atoms. The number of nitrogens with zero attached hydrogens (tertiary/aromatic N) is 1. The topological polar surface area (TPSA) is 66.5 Å². The molecule has 0 bridgehead atoms. The summed E-state index contributed by atoms with van der Waals surface area (Å²) in [6.07, 6.45) is 1.96. The van der Waals surface area contributed by atoms with E-state index in [0.717, 1.165) is 35.2 Å². The number of carbonyl (C=O) groups is 1. The number of aryl methyl sites for hydroxylation is 2. The van der Waals surface area contributed by atoms with Gasteiger partial charge in [-0.25, -0.2) is 12.8 Å². The zero-order valence-corrected chi connectivity index (χ0v) is 16.9. The molecule has 0 radical (unpaired) electrons. The van der Waals surface area contributed by atoms with Crippen LogP contribution in [0.4, 0.5) is 4.39 Å². The van der Waals surface area contributed by atoms with Crippen LogP contribution in [0.5, 0.6) is 0 Å². The summed E-state index contributed by atoms with van der Waals surface area (Å²) in [5.41, 5.74) is 3.19. The molecule has 1 saturated heterocycles. The lowest BCUT2D eigenvalue weighted by atomic mass is 10.0. The zero-order chi connectivity index (χ0) is 20.3. The fraction of sp³-hybridized carbons (Fsp3) is 0.381. The number of halogens is 1. The highest BCUT2D eigenvalue weighted by molar-refractivity contribution is 7.89. The molecule has 28 heavy (non-hydrogen) atoms. The number of nitrogens with one attached hydrogen (secondary N) is 1. The van der Waals surface area contributed by atoms with Gasteiger partial charge in [-0.1, -0.05) is 30.2 Å². The van der Waals surface area contributed by atoms with Crippen molar-refractivity contribution in [1.82, 2.24) is 9.62 Å². The van der Waals surface area contributed by atoms with Crippen molar-refractivity contribution < 1.29 is 17.6 Å². The van der Waals surface area contributed by atoms with Crippen molar-refractivity contribution in [2.24, 2.45) is 0 Å². The summed E-state index contributed by atoms with van der Waals surface area (Å²) in [4.78, 5) is 12.8. The maximum atomic E-state index is 13.2. The van der Waals surface area contributed by atoms with Gasteiger partial charge in [0, 0.05) is 13.1 Å². The zero-order valence-electron chi connectivity index (χ0n) is 16.1. The number of hydrogen-bond acceptors (Lipinski definition) is 3. The molecule has 5 nitrogen and oxygen atoms in total. The van der Waals surface area contributed by atoms with Gasteiger partial charge >= 0.3 is 0 Å². The molecule has 2 aromatic rings. The normalized spacial score (nSPS) is 18.0. The monoisotopic (exact) mass is 404 g/mol. The fourth-order valence-electron chi connectivity index (χ4n) is 3.49. The summed E-state index contributed by atoms with van der Waals surface area (Å²) in [6.45, 7) is 4.60. The third-order valence-electron chi connectivity index (χ3n) is 5.13. The van der Waals surface area contributed by atoms with Crippen molar-refractivity contribution in [2.45, 2.75) is 50.6 Å². The molecule has 1 atom stereocenters. The van der Waals surface area contributed by atoms with Crippen molar-refractivity contribution >= 4 is 15.9 Å². The lowest BCUT2D eigenvalue weighted by Crippen LogP contribution is -2.51. The van der Waals surface area contributed by atoms with E-state index in [1.165, 1.54) is 16.4 Å². The Labute approximate surface area is 165 Å². The Bertz CT molecular complexity index is 958. The minimum absolute atomic E-state index is 0.00290. The number of hydrogen-bond donors (Lipinski definition) is 1. The van der Waals surface area contributed by atoms with Crippen LogP contribution in [0, 0.1) is 19.7 Å². The van der Waals surface area contributed by atoms with Gasteiger partial charge in [0.2, 0.25) is 15.9 Å². The van der Waals surface area contributed by atoms with Gasteiger partial charge in [-0.3, -0.25) is 4.79 Å². The van der Waals surface area contributed by atoms with E-state index in [9.17, 15) is 17.6 Å². The highest BCUT2D eigenvalue weighted by Crippen LogP contribution is 2.26. The average molecular weight is 405 g/mol. The van der Waals surface area contributed by atoms with Gasteiger partial charge in [0.25, 0.3) is 0 Å². The fourth-order valence-corrected chi connectivity index (χ4v) is 5.14. The van der Waals surface area contributed by atoms with Gasteiger partial charge in [0.1, 0.15) is 11.9 Å². The minimum Gasteiger partial charge on any atom is -0.351 e. The summed E-state index contributed by atoms with van der Waals surface area (Å²) >= 11 is 0. The van der Waals surface area contributed by atoms with E-state index in [2.05, 4.69) is 5.32 Å². The van der Waals surface area contributed by atoms with Gasteiger partial charge in [-0.05, 0) is 62.1 Å². The number of carbonyl (C=O) groups excluding carboxylic acids is 1. The van der Waals surface area contributed by atoms with Gasteiger partial charge in [-0.2, -0.15) is 4.31 Å². The van der Waals surface area contributed by atoms with Gasteiger partial charge < -0.3 is 5.32 Å². The second kappa shape index (κ2) is 8.41. The number of amides is 1. The van der Waals surface area contributed by atoms with Crippen molar-refractivity contribution in [2.75, 3.05) is 6.54 Å². The first kappa shape index (κ1) is 20.5. The van der Waals surface area contributed by atoms with Crippen LogP contribution in [0.15, 0.2) is 47.4 Å². The summed E-state index contributed by atoms with van der Waals surface area (Å²) in [5.74, 6) is -0.799. The number of rotatable bonds is 5. The minimum atomic E-state index is -3.86. The summed E-state index contributed by atoms with van der Waals surface area (Å²) in [5, 5.41) is 2.89. The lowest BCUT2D eigenvalue weighted by molar-refractivity contribution is -0.125. The van der Waals surface area contributed by atoms with Crippen molar-refractivity contribution in [3.8, 4) is 0 Å². The van der Waals surface area contributed by atoms with Crippen LogP contribution < -0.4 is 5.32 Å². The number of piperidine rings is 1. The second-order valence-electron chi connectivity index (χ2n) is 7.23. The molecule has 2 aromatic carbocycles. The predicted octanol–water partition coefficient (Wildman–Crippen LogP) is 3.30. The molecule has 7 heteroatoms. The Kier molecular flexibility index (Phi) is 6.15. The Morgan fingerprint density at radius 2 is 1.86 bits per heavy atom. The molecule has 0 unspecified atom stereocenters. The molecule has 0 saturated carbocycles. The SMILES string of the molecule is Cc1ccc(C)c(CNC(=O)[C@H]2CCCCN2S(=O)(=O)c2ccc(F)cc2)c1. The Balaban J connectivity index is 1.77. The van der Waals surface area contributed by atoms with E-state index >= 15 is 0 Å². The first-order chi connectivity index (χ1) is 13.3. The van der Waals surface area contributed by atoms with Crippen LogP contribution in [0.3, 0.4) is 0 Å². The van der Waals surface area contributed by atoms with Crippen molar-refractivity contribution in [3.05, 3.63) is 65.0 Å². The standard InChI is InChI=1S/C21H25FN2O3S/c1-15-6-7-16(2)17(13-15)14-23-21(25)20-5-3-4-12-24(20)28(26,27)19-10-8-18(22)9-11-19/h6-11,13,20H,3-5,12,14H2,1-2H3,(H,23,25)/t20-/m1/s1. The smallest absolute Gasteiger partial charge is 0.243 e. The van der Waals surface area contributed by atoms with E-state index in [4.69, 9.17) is 0 Å². The van der Waals surface area contributed by atoms with Crippen LogP contribution in [0.2, 0.25) is 0 Å². The van der Waals surface area contributed by atoms with E-state index in [-0.39, 0.29) is 17.3 Å². The Morgan fingerprint density at radius 1 is 1.14 bits per heavy atom.